The van der Waals surface area contributed by atoms with E-state index in [-0.39, 0.29) is 5.97 Å². The van der Waals surface area contributed by atoms with Crippen molar-refractivity contribution in [2.75, 3.05) is 13.2 Å². The molecule has 3 heteroatoms. The van der Waals surface area contributed by atoms with Crippen molar-refractivity contribution in [3.63, 3.8) is 0 Å². The predicted octanol–water partition coefficient (Wildman–Crippen LogP) is 2.18. The van der Waals surface area contributed by atoms with Gasteiger partial charge in [-0.2, -0.15) is 0 Å². The van der Waals surface area contributed by atoms with Crippen LogP contribution in [0.3, 0.4) is 0 Å². The van der Waals surface area contributed by atoms with Gasteiger partial charge in [0.25, 0.3) is 0 Å². The molecule has 0 bridgehead atoms. The van der Waals surface area contributed by atoms with Crippen LogP contribution in [0.25, 0.3) is 0 Å². The first-order chi connectivity index (χ1) is 8.10. The summed E-state index contributed by atoms with van der Waals surface area (Å²) in [7, 11) is 0. The van der Waals surface area contributed by atoms with Crippen molar-refractivity contribution in [2.24, 2.45) is 0 Å². The minimum Gasteiger partial charge on any atom is -0.465 e. The molecule has 17 heavy (non-hydrogen) atoms. The van der Waals surface area contributed by atoms with Gasteiger partial charge in [-0.15, -0.1) is 0 Å². The van der Waals surface area contributed by atoms with Gasteiger partial charge in [-0.25, -0.2) is 0 Å². The lowest BCUT2D eigenvalue weighted by atomic mass is 10.0. The topological polar surface area (TPSA) is 29.5 Å². The van der Waals surface area contributed by atoms with Crippen molar-refractivity contribution in [2.45, 2.75) is 33.9 Å². The van der Waals surface area contributed by atoms with Crippen molar-refractivity contribution in [1.29, 1.82) is 0 Å². The van der Waals surface area contributed by atoms with Gasteiger partial charge in [-0.1, -0.05) is 12.1 Å². The summed E-state index contributed by atoms with van der Waals surface area (Å²) < 4.78 is 4.97. The lowest BCUT2D eigenvalue weighted by Crippen LogP contribution is -2.26. The second-order valence-electron chi connectivity index (χ2n) is 4.66. The maximum atomic E-state index is 11.4. The number of hydrogen-bond acceptors (Lipinski definition) is 3. The number of aryl methyl sites for hydroxylation is 2. The first kappa shape index (κ1) is 12.1. The van der Waals surface area contributed by atoms with Gasteiger partial charge in [0, 0.05) is 13.1 Å². The molecule has 1 aliphatic heterocycles. The summed E-state index contributed by atoms with van der Waals surface area (Å²) >= 11 is 0. The van der Waals surface area contributed by atoms with Gasteiger partial charge in [0.2, 0.25) is 0 Å². The molecule has 3 nitrogen and oxygen atoms in total. The molecule has 1 aromatic rings. The summed E-state index contributed by atoms with van der Waals surface area (Å²) in [5.74, 6) is -0.131. The summed E-state index contributed by atoms with van der Waals surface area (Å²) in [6.07, 6.45) is 0. The smallest absolute Gasteiger partial charge is 0.320 e. The molecular weight excluding hydrogens is 214 g/mol. The van der Waals surface area contributed by atoms with Gasteiger partial charge in [-0.05, 0) is 43.0 Å². The summed E-state index contributed by atoms with van der Waals surface area (Å²) in [6, 6.07) is 4.46. The van der Waals surface area contributed by atoms with E-state index < -0.39 is 0 Å². The summed E-state index contributed by atoms with van der Waals surface area (Å²) in [6.45, 7) is 8.65. The van der Waals surface area contributed by atoms with Crippen molar-refractivity contribution >= 4 is 5.97 Å². The fraction of sp³-hybridized carbons (Fsp3) is 0.500. The molecule has 1 heterocycles. The molecular formula is C14H19NO2. The van der Waals surface area contributed by atoms with Crippen molar-refractivity contribution in [1.82, 2.24) is 4.90 Å². The van der Waals surface area contributed by atoms with Gasteiger partial charge >= 0.3 is 5.97 Å². The van der Waals surface area contributed by atoms with Crippen LogP contribution in [-0.2, 0) is 22.6 Å². The number of fused-ring (bicyclic) bond motifs is 1. The zero-order chi connectivity index (χ0) is 12.4. The molecule has 0 N–H and O–H groups in total. The van der Waals surface area contributed by atoms with Crippen LogP contribution in [0.5, 0.6) is 0 Å². The van der Waals surface area contributed by atoms with E-state index in [0.29, 0.717) is 13.2 Å². The Balaban J connectivity index is 2.04. The maximum absolute atomic E-state index is 11.4. The molecule has 0 fully saturated rings. The lowest BCUT2D eigenvalue weighted by molar-refractivity contribution is -0.144. The average molecular weight is 233 g/mol. The number of esters is 1. The van der Waals surface area contributed by atoms with Crippen LogP contribution in [0.2, 0.25) is 0 Å². The van der Waals surface area contributed by atoms with E-state index in [4.69, 9.17) is 4.74 Å². The maximum Gasteiger partial charge on any atom is 0.320 e. The van der Waals surface area contributed by atoms with Crippen molar-refractivity contribution < 1.29 is 9.53 Å². The van der Waals surface area contributed by atoms with E-state index in [0.717, 1.165) is 13.1 Å². The van der Waals surface area contributed by atoms with Crippen molar-refractivity contribution in [3.8, 4) is 0 Å². The molecule has 0 saturated carbocycles. The van der Waals surface area contributed by atoms with E-state index in [1.807, 2.05) is 6.92 Å². The number of ether oxygens (including phenoxy) is 1. The first-order valence-electron chi connectivity index (χ1n) is 6.07. The largest absolute Gasteiger partial charge is 0.465 e. The van der Waals surface area contributed by atoms with Crippen LogP contribution in [0, 0.1) is 13.8 Å². The Hall–Kier alpha value is -1.35. The standard InChI is InChI=1S/C14H19NO2/c1-4-17-14(16)9-15-7-12-5-10(2)11(3)6-13(12)8-15/h5-6H,4,7-9H2,1-3H3. The quantitative estimate of drug-likeness (QED) is 0.749. The third kappa shape index (κ3) is 2.67. The highest BCUT2D eigenvalue weighted by Gasteiger charge is 2.21. The van der Waals surface area contributed by atoms with E-state index in [9.17, 15) is 4.79 Å². The van der Waals surface area contributed by atoms with Gasteiger partial charge in [0.05, 0.1) is 13.2 Å². The molecule has 92 valence electrons. The molecule has 0 radical (unpaired) electrons. The fourth-order valence-corrected chi connectivity index (χ4v) is 2.27. The van der Waals surface area contributed by atoms with Crippen LogP contribution in [0.4, 0.5) is 0 Å². The monoisotopic (exact) mass is 233 g/mol. The summed E-state index contributed by atoms with van der Waals surface area (Å²) in [5.41, 5.74) is 5.33. The van der Waals surface area contributed by atoms with Crippen molar-refractivity contribution in [3.05, 3.63) is 34.4 Å². The SMILES string of the molecule is CCOC(=O)CN1Cc2cc(C)c(C)cc2C1. The molecule has 0 atom stereocenters. The zero-order valence-corrected chi connectivity index (χ0v) is 10.7. The highest BCUT2D eigenvalue weighted by molar-refractivity contribution is 5.71. The Morgan fingerprint density at radius 2 is 1.76 bits per heavy atom. The molecule has 0 unspecified atom stereocenters. The van der Waals surface area contributed by atoms with Crippen LogP contribution < -0.4 is 0 Å². The van der Waals surface area contributed by atoms with Crippen LogP contribution in [-0.4, -0.2) is 24.0 Å². The van der Waals surface area contributed by atoms with E-state index >= 15 is 0 Å². The second kappa shape index (κ2) is 4.88. The minimum absolute atomic E-state index is 0.131. The Morgan fingerprint density at radius 1 is 1.24 bits per heavy atom. The molecule has 1 aliphatic rings. The van der Waals surface area contributed by atoms with Gasteiger partial charge < -0.3 is 4.74 Å². The minimum atomic E-state index is -0.131. The average Bonchev–Trinajstić information content (AvgIpc) is 2.60. The number of carbonyl (C=O) groups is 1. The Bertz CT molecular complexity index is 409. The van der Waals surface area contributed by atoms with E-state index in [1.54, 1.807) is 0 Å². The van der Waals surface area contributed by atoms with E-state index in [2.05, 4.69) is 30.9 Å². The lowest BCUT2D eigenvalue weighted by Gasteiger charge is -2.12. The molecule has 0 aliphatic carbocycles. The first-order valence-corrected chi connectivity index (χ1v) is 6.07. The molecule has 0 amide bonds. The van der Waals surface area contributed by atoms with Gasteiger partial charge in [0.15, 0.2) is 0 Å². The van der Waals surface area contributed by atoms with E-state index in [1.165, 1.54) is 22.3 Å². The zero-order valence-electron chi connectivity index (χ0n) is 10.7. The molecule has 0 aromatic heterocycles. The number of nitrogens with zero attached hydrogens (tertiary/aromatic N) is 1. The third-order valence-electron chi connectivity index (χ3n) is 3.26. The predicted molar refractivity (Wildman–Crippen MR) is 66.7 cm³/mol. The van der Waals surface area contributed by atoms with Gasteiger partial charge in [0.1, 0.15) is 0 Å². The Labute approximate surface area is 102 Å². The highest BCUT2D eigenvalue weighted by Crippen LogP contribution is 2.25. The number of benzene rings is 1. The Kier molecular flexibility index (Phi) is 3.48. The molecule has 1 aromatic carbocycles. The van der Waals surface area contributed by atoms with Crippen LogP contribution in [0.1, 0.15) is 29.2 Å². The normalized spacial score (nSPS) is 14.8. The summed E-state index contributed by atoms with van der Waals surface area (Å²) in [4.78, 5) is 13.5. The third-order valence-corrected chi connectivity index (χ3v) is 3.26. The number of hydrogen-bond donors (Lipinski definition) is 0. The van der Waals surface area contributed by atoms with Crippen LogP contribution >= 0.6 is 0 Å². The number of carbonyl (C=O) groups excluding carboxylic acids is 1. The number of rotatable bonds is 3. The highest BCUT2D eigenvalue weighted by atomic mass is 16.5. The Morgan fingerprint density at radius 3 is 2.24 bits per heavy atom. The van der Waals surface area contributed by atoms with Gasteiger partial charge in [-0.3, -0.25) is 9.69 Å². The fourth-order valence-electron chi connectivity index (χ4n) is 2.27. The second-order valence-corrected chi connectivity index (χ2v) is 4.66. The molecule has 2 rings (SSSR count). The summed E-state index contributed by atoms with van der Waals surface area (Å²) in [5, 5.41) is 0. The molecule has 0 spiro atoms. The molecule has 0 saturated heterocycles. The van der Waals surface area contributed by atoms with Crippen LogP contribution in [0.15, 0.2) is 12.1 Å².